The van der Waals surface area contributed by atoms with Crippen molar-refractivity contribution in [3.05, 3.63) is 78.2 Å². The second-order valence-electron chi connectivity index (χ2n) is 8.99. The minimum atomic E-state index is -2.16. The van der Waals surface area contributed by atoms with Crippen LogP contribution in [0.5, 0.6) is 0 Å². The molecule has 2 fully saturated rings. The van der Waals surface area contributed by atoms with Gasteiger partial charge in [0.2, 0.25) is 0 Å². The first kappa shape index (κ1) is 29.7. The zero-order valence-electron chi connectivity index (χ0n) is 18.8. The highest BCUT2D eigenvalue weighted by Gasteiger charge is 2.88. The van der Waals surface area contributed by atoms with Crippen molar-refractivity contribution in [2.45, 2.75) is 14.1 Å². The summed E-state index contributed by atoms with van der Waals surface area (Å²) in [6.45, 7) is -0.733. The molecule has 0 spiro atoms. The number of amides is 3. The highest BCUT2D eigenvalue weighted by Crippen LogP contribution is 2.77. The van der Waals surface area contributed by atoms with Crippen LogP contribution in [0.1, 0.15) is 20.7 Å². The molecule has 2 bridgehead atoms. The van der Waals surface area contributed by atoms with Crippen molar-refractivity contribution in [2.75, 3.05) is 6.54 Å². The molecule has 1 heterocycles. The van der Waals surface area contributed by atoms with Crippen LogP contribution in [0.3, 0.4) is 0 Å². The van der Waals surface area contributed by atoms with Crippen LogP contribution >= 0.6 is 109 Å². The van der Waals surface area contributed by atoms with E-state index in [1.165, 1.54) is 30.3 Å². The lowest BCUT2D eigenvalue weighted by Gasteiger charge is -2.36. The van der Waals surface area contributed by atoms with Gasteiger partial charge in [-0.1, -0.05) is 97.7 Å². The molecule has 2 aromatic carbocycles. The average Bonchev–Trinajstić information content (AvgIpc) is 3.26. The fraction of sp³-hybridized carbons (Fsp3) is 0.250. The molecule has 15 heteroatoms. The quantitative estimate of drug-likeness (QED) is 0.181. The van der Waals surface area contributed by atoms with Crippen LogP contribution in [0.15, 0.2) is 57.0 Å². The summed E-state index contributed by atoms with van der Waals surface area (Å²) >= 11 is 54.9. The molecule has 39 heavy (non-hydrogen) atoms. The van der Waals surface area contributed by atoms with E-state index in [9.17, 15) is 19.2 Å². The molecule has 2 aromatic rings. The van der Waals surface area contributed by atoms with E-state index >= 15 is 0 Å². The summed E-state index contributed by atoms with van der Waals surface area (Å²) in [6, 6.07) is 10.2. The van der Waals surface area contributed by atoms with E-state index in [1.807, 2.05) is 0 Å². The van der Waals surface area contributed by atoms with Gasteiger partial charge in [0.15, 0.2) is 10.1 Å². The number of hydrogen-bond acceptors (Lipinski definition) is 4. The lowest BCUT2D eigenvalue weighted by Crippen LogP contribution is -2.56. The van der Waals surface area contributed by atoms with Gasteiger partial charge >= 0.3 is 0 Å². The Morgan fingerprint density at radius 2 is 1.36 bits per heavy atom. The fourth-order valence-electron chi connectivity index (χ4n) is 5.12. The largest absolute Gasteiger partial charge is 0.292 e. The maximum Gasteiger partial charge on any atom is 0.274 e. The summed E-state index contributed by atoms with van der Waals surface area (Å²) in [5, 5.41) is 0.755. The normalized spacial score (nSPS) is 28.8. The van der Waals surface area contributed by atoms with Crippen LogP contribution in [0.2, 0.25) is 10.0 Å². The van der Waals surface area contributed by atoms with Crippen LogP contribution in [-0.2, 0) is 9.59 Å². The van der Waals surface area contributed by atoms with E-state index < -0.39 is 56.0 Å². The van der Waals surface area contributed by atoms with Gasteiger partial charge in [0, 0.05) is 15.1 Å². The third-order valence-electron chi connectivity index (χ3n) is 6.98. The van der Waals surface area contributed by atoms with E-state index in [1.54, 1.807) is 12.1 Å². The summed E-state index contributed by atoms with van der Waals surface area (Å²) in [5.74, 6) is -6.56. The van der Waals surface area contributed by atoms with E-state index in [2.05, 4.69) is 15.9 Å². The maximum atomic E-state index is 13.9. The van der Waals surface area contributed by atoms with E-state index in [-0.39, 0.29) is 31.2 Å². The van der Waals surface area contributed by atoms with Gasteiger partial charge in [-0.3, -0.25) is 19.2 Å². The second-order valence-corrected chi connectivity index (χ2v) is 14.0. The lowest BCUT2D eigenvalue weighted by molar-refractivity contribution is -0.154. The number of imide groups is 1. The summed E-state index contributed by atoms with van der Waals surface area (Å²) in [4.78, 5) is 50.7. The molecule has 3 amide bonds. The summed E-state index contributed by atoms with van der Waals surface area (Å²) in [5.41, 5.74) is 0.0678. The third-order valence-corrected chi connectivity index (χ3v) is 12.3. The zero-order valence-corrected chi connectivity index (χ0v) is 26.5. The van der Waals surface area contributed by atoms with Gasteiger partial charge in [0.25, 0.3) is 17.7 Å². The molecule has 1 saturated carbocycles. The topological polar surface area (TPSA) is 74.8 Å². The predicted molar refractivity (Wildman–Crippen MR) is 155 cm³/mol. The Morgan fingerprint density at radius 1 is 0.846 bits per heavy atom. The maximum absolute atomic E-state index is 13.9. The van der Waals surface area contributed by atoms with E-state index in [4.69, 9.17) is 92.8 Å². The Kier molecular flexibility index (Phi) is 7.57. The first-order chi connectivity index (χ1) is 18.1. The van der Waals surface area contributed by atoms with E-state index in [0.717, 1.165) is 0 Å². The number of rotatable bonds is 5. The predicted octanol–water partition coefficient (Wildman–Crippen LogP) is 7.44. The molecule has 0 N–H and O–H groups in total. The van der Waals surface area contributed by atoms with Crippen molar-refractivity contribution in [3.8, 4) is 0 Å². The monoisotopic (exact) mass is 750 g/mol. The molecule has 6 nitrogen and oxygen atoms in total. The SMILES string of the molecule is O=C(CN(C(=O)c1ccc(Cl)cc1Cl)N1C(=O)[C@@H]2[C@H](C1=O)[C@@]1(Cl)C(Cl)=C(Cl)[C@@]2(Cl)C1(Cl)Cl)c1ccc(Br)cc1. The third kappa shape index (κ3) is 3.95. The number of allylic oxidation sites excluding steroid dienone is 2. The van der Waals surface area contributed by atoms with Crippen LogP contribution in [0.4, 0.5) is 0 Å². The Balaban J connectivity index is 1.61. The second kappa shape index (κ2) is 9.92. The number of carbonyl (C=O) groups is 4. The van der Waals surface area contributed by atoms with Crippen molar-refractivity contribution < 1.29 is 19.2 Å². The number of hydrogen-bond donors (Lipinski definition) is 0. The minimum Gasteiger partial charge on any atom is -0.292 e. The molecule has 0 unspecified atom stereocenters. The molecule has 204 valence electrons. The van der Waals surface area contributed by atoms with Gasteiger partial charge in [-0.05, 0) is 30.3 Å². The zero-order chi connectivity index (χ0) is 28.8. The number of halogens is 9. The Labute approximate surface area is 270 Å². The van der Waals surface area contributed by atoms with Crippen molar-refractivity contribution in [3.63, 3.8) is 0 Å². The summed E-state index contributed by atoms with van der Waals surface area (Å²) in [7, 11) is 0. The van der Waals surface area contributed by atoms with Gasteiger partial charge in [-0.2, -0.15) is 5.01 Å². The van der Waals surface area contributed by atoms with Gasteiger partial charge in [0.05, 0.1) is 32.5 Å². The standard InChI is InChI=1S/C24H11BrCl8N2O4/c25-10-3-1-9(2-4-10)14(36)8-34(19(37)12-6-5-11(26)7-13(12)27)35-20(38)15-16(21(35)39)23(31)18(29)17(28)22(15,30)24(23,32)33/h1-7,15-16H,8H2/t15-,16+,22-,23-/m1/s1. The molecule has 3 aliphatic rings. The molecule has 0 aromatic heterocycles. The number of carbonyl (C=O) groups excluding carboxylic acids is 4. The molecular formula is C24H11BrCl8N2O4. The van der Waals surface area contributed by atoms with Crippen molar-refractivity contribution >= 4 is 132 Å². The lowest BCUT2D eigenvalue weighted by atomic mass is 9.84. The van der Waals surface area contributed by atoms with Gasteiger partial charge in [-0.15, -0.1) is 23.2 Å². The molecule has 0 radical (unpaired) electrons. The molecule has 4 atom stereocenters. The van der Waals surface area contributed by atoms with Crippen LogP contribution in [-0.4, -0.2) is 54.1 Å². The van der Waals surface area contributed by atoms with Crippen LogP contribution in [0, 0.1) is 11.8 Å². The molecule has 2 aliphatic carbocycles. The highest BCUT2D eigenvalue weighted by atomic mass is 79.9. The number of fused-ring (bicyclic) bond motifs is 5. The average molecular weight is 755 g/mol. The van der Waals surface area contributed by atoms with Crippen molar-refractivity contribution in [1.29, 1.82) is 0 Å². The summed E-state index contributed by atoms with van der Waals surface area (Å²) in [6.07, 6.45) is 0. The number of benzene rings is 2. The molecule has 5 rings (SSSR count). The van der Waals surface area contributed by atoms with Gasteiger partial charge < -0.3 is 0 Å². The Morgan fingerprint density at radius 3 is 1.85 bits per heavy atom. The van der Waals surface area contributed by atoms with E-state index in [0.29, 0.717) is 14.5 Å². The number of hydrazine groups is 1. The van der Waals surface area contributed by atoms with Crippen LogP contribution < -0.4 is 0 Å². The number of Topliss-reactive ketones (excluding diaryl/α,β-unsaturated/α-hetero) is 1. The van der Waals surface area contributed by atoms with Crippen molar-refractivity contribution in [1.82, 2.24) is 10.0 Å². The van der Waals surface area contributed by atoms with Crippen molar-refractivity contribution in [2.24, 2.45) is 11.8 Å². The molecule has 1 saturated heterocycles. The first-order valence-corrected chi connectivity index (χ1v) is 14.7. The summed E-state index contributed by atoms with van der Waals surface area (Å²) < 4.78 is -1.45. The number of alkyl halides is 4. The molecular weight excluding hydrogens is 744 g/mol. The first-order valence-electron chi connectivity index (χ1n) is 10.9. The molecule has 1 aliphatic heterocycles. The minimum absolute atomic E-state index is 0.0798. The van der Waals surface area contributed by atoms with Gasteiger partial charge in [0.1, 0.15) is 16.3 Å². The highest BCUT2D eigenvalue weighted by molar-refractivity contribution is 9.10. The fourth-order valence-corrected chi connectivity index (χ4v) is 8.80. The number of nitrogens with zero attached hydrogens (tertiary/aromatic N) is 2. The van der Waals surface area contributed by atoms with Crippen LogP contribution in [0.25, 0.3) is 0 Å². The Bertz CT molecular complexity index is 1470. The smallest absolute Gasteiger partial charge is 0.274 e. The Hall–Kier alpha value is -0.740. The van der Waals surface area contributed by atoms with Gasteiger partial charge in [-0.25, -0.2) is 5.01 Å². The number of ketones is 1.